The summed E-state index contributed by atoms with van der Waals surface area (Å²) < 4.78 is 20.4. The van der Waals surface area contributed by atoms with Gasteiger partial charge in [0, 0.05) is 36.4 Å². The van der Waals surface area contributed by atoms with E-state index in [1.54, 1.807) is 74.5 Å². The lowest BCUT2D eigenvalue weighted by Crippen LogP contribution is -2.25. The molecule has 0 saturated carbocycles. The number of aliphatic carboxylic acids is 6. The lowest BCUT2D eigenvalue weighted by Gasteiger charge is -2.12. The zero-order chi connectivity index (χ0) is 61.9. The Bertz CT molecular complexity index is 3000. The fourth-order valence-electron chi connectivity index (χ4n) is 5.83. The summed E-state index contributed by atoms with van der Waals surface area (Å²) in [5.41, 5.74) is 3.80. The van der Waals surface area contributed by atoms with Crippen molar-refractivity contribution in [2.75, 3.05) is 18.5 Å². The number of fused-ring (bicyclic) bond motifs is 1. The van der Waals surface area contributed by atoms with Crippen LogP contribution in [0.5, 0.6) is 5.75 Å². The van der Waals surface area contributed by atoms with E-state index in [-0.39, 0.29) is 13.2 Å². The smallest absolute Gasteiger partial charge is 0.344 e. The molecule has 1 heterocycles. The highest BCUT2D eigenvalue weighted by Crippen LogP contribution is 2.30. The van der Waals surface area contributed by atoms with Gasteiger partial charge in [0.2, 0.25) is 0 Å². The van der Waals surface area contributed by atoms with Crippen LogP contribution in [0.3, 0.4) is 0 Å². The second kappa shape index (κ2) is 39.9. The molecule has 7 N–H and O–H groups in total. The Kier molecular flexibility index (Phi) is 34.4. The van der Waals surface area contributed by atoms with Crippen LogP contribution in [-0.4, -0.2) is 114 Å². The Hall–Kier alpha value is -7.46. The number of hydrogen-bond acceptors (Lipinski definition) is 13. The van der Waals surface area contributed by atoms with Gasteiger partial charge in [-0.15, -0.1) is 11.8 Å². The van der Waals surface area contributed by atoms with Crippen LogP contribution in [0, 0.1) is 0 Å². The van der Waals surface area contributed by atoms with E-state index in [1.165, 1.54) is 38.7 Å². The number of halogens is 4. The molecule has 18 nitrogen and oxygen atoms in total. The molecule has 0 amide bonds. The number of thioether (sulfide) groups is 1. The first kappa shape index (κ1) is 71.6. The van der Waals surface area contributed by atoms with Crippen molar-refractivity contribution >= 4 is 110 Å². The van der Waals surface area contributed by atoms with Gasteiger partial charge in [-0.3, -0.25) is 9.59 Å². The third kappa shape index (κ3) is 31.5. The molecule has 1 aromatic heterocycles. The van der Waals surface area contributed by atoms with Crippen molar-refractivity contribution in [3.05, 3.63) is 201 Å². The minimum atomic E-state index is -1.02. The molecule has 0 radical (unpaired) electrons. The van der Waals surface area contributed by atoms with Gasteiger partial charge in [0.25, 0.3) is 0 Å². The zero-order valence-electron chi connectivity index (χ0n) is 45.6. The van der Waals surface area contributed by atoms with E-state index in [2.05, 4.69) is 10.3 Å². The first-order valence-corrected chi connectivity index (χ1v) is 27.4. The average molecular weight is 1240 g/mol. The van der Waals surface area contributed by atoms with E-state index in [0.29, 0.717) is 39.2 Å². The topological polar surface area (TPSA) is 286 Å². The molecule has 6 aromatic carbocycles. The van der Waals surface area contributed by atoms with Crippen LogP contribution >= 0.6 is 58.2 Å². The molecule has 7 rings (SSSR count). The summed E-state index contributed by atoms with van der Waals surface area (Å²) in [6, 6.07) is 47.1. The Balaban J connectivity index is 0.000000341. The summed E-state index contributed by atoms with van der Waals surface area (Å²) >= 11 is 24.3. The first-order chi connectivity index (χ1) is 39.4. The molecule has 444 valence electrons. The monoisotopic (exact) mass is 1240 g/mol. The quantitative estimate of drug-likeness (QED) is 0.0189. The van der Waals surface area contributed by atoms with Gasteiger partial charge in [-0.25, -0.2) is 24.2 Å². The minimum Gasteiger partial charge on any atom is -0.480 e. The maximum Gasteiger partial charge on any atom is 0.344 e. The van der Waals surface area contributed by atoms with E-state index in [0.717, 1.165) is 44.5 Å². The molecule has 0 aliphatic rings. The highest BCUT2D eigenvalue weighted by Gasteiger charge is 2.16. The molecule has 0 aliphatic carbocycles. The number of carboxylic acid groups (broad SMARTS) is 6. The molecule has 0 bridgehead atoms. The van der Waals surface area contributed by atoms with E-state index >= 15 is 0 Å². The second-order valence-electron chi connectivity index (χ2n) is 17.2. The normalized spacial score (nSPS) is 12.0. The van der Waals surface area contributed by atoms with Crippen LogP contribution in [0.1, 0.15) is 51.3 Å². The van der Waals surface area contributed by atoms with E-state index in [4.69, 9.17) is 96.0 Å². The standard InChI is InChI=1S/C12H10ClNO3.C10H11ClO3.2C10H12O3.C9H10ClNO2.C9H9ClO2S/c1-7(12(15)16)17-10-6-14-11(13)9-5-3-2-4-8(9)10;1-7(10(12)13)14-6-8-2-4-9(11)5-3-8;1-8(10(11)12)13-7-9-5-3-2-4-6-9;11-10(12)8-13-7-6-9-4-2-1-3-5-9;1-6(9(12)13)11-8-4-2-7(10)3-5-8;1-6(9(11)12)13-8-4-2-7(10)3-5-8/h2-7H,1H3,(H,15,16);2-5,7H,6H2,1H3,(H,12,13);2-6,8H,7H2,1H3,(H,11,12);1-5H,6-8H2,(H,11,12);2-6,11H,1H3,(H,12,13);2-6H,1H3,(H,11,12)/t2*7-;;;6-;/m00..0./s1. The Morgan fingerprint density at radius 1 is 0.506 bits per heavy atom. The number of ether oxygens (including phenoxy) is 4. The molecule has 2 unspecified atom stereocenters. The molecule has 0 aliphatic heterocycles. The summed E-state index contributed by atoms with van der Waals surface area (Å²) in [6.45, 7) is 8.58. The molecule has 23 heteroatoms. The highest BCUT2D eigenvalue weighted by molar-refractivity contribution is 8.00. The van der Waals surface area contributed by atoms with Crippen LogP contribution in [0.2, 0.25) is 20.2 Å². The lowest BCUT2D eigenvalue weighted by molar-refractivity contribution is -0.150. The van der Waals surface area contributed by atoms with E-state index in [9.17, 15) is 28.8 Å². The Morgan fingerprint density at radius 3 is 1.40 bits per heavy atom. The molecular weight excluding hydrogens is 1180 g/mol. The van der Waals surface area contributed by atoms with Crippen molar-refractivity contribution in [1.29, 1.82) is 0 Å². The average Bonchev–Trinajstić information content (AvgIpc) is 3.59. The molecular formula is C60H64Cl4N2O16S. The first-order valence-electron chi connectivity index (χ1n) is 25.0. The van der Waals surface area contributed by atoms with Crippen molar-refractivity contribution in [1.82, 2.24) is 4.98 Å². The predicted molar refractivity (Wildman–Crippen MR) is 321 cm³/mol. The van der Waals surface area contributed by atoms with Gasteiger partial charge in [-0.2, -0.15) is 0 Å². The predicted octanol–water partition coefficient (Wildman–Crippen LogP) is 13.2. The number of anilines is 1. The van der Waals surface area contributed by atoms with Gasteiger partial charge in [0.15, 0.2) is 18.3 Å². The Labute approximate surface area is 504 Å². The van der Waals surface area contributed by atoms with Gasteiger partial charge >= 0.3 is 35.8 Å². The van der Waals surface area contributed by atoms with Crippen molar-refractivity contribution in [3.63, 3.8) is 0 Å². The lowest BCUT2D eigenvalue weighted by atomic mass is 10.1. The van der Waals surface area contributed by atoms with Gasteiger partial charge < -0.3 is 54.9 Å². The van der Waals surface area contributed by atoms with Crippen molar-refractivity contribution in [2.45, 2.75) is 88.8 Å². The number of pyridine rings is 1. The van der Waals surface area contributed by atoms with Crippen LogP contribution in [-0.2, 0) is 62.6 Å². The van der Waals surface area contributed by atoms with Crippen molar-refractivity contribution in [2.24, 2.45) is 0 Å². The van der Waals surface area contributed by atoms with Gasteiger partial charge in [-0.1, -0.05) is 143 Å². The summed E-state index contributed by atoms with van der Waals surface area (Å²) in [7, 11) is 0. The van der Waals surface area contributed by atoms with Gasteiger partial charge in [-0.05, 0) is 118 Å². The number of benzene rings is 6. The second-order valence-corrected chi connectivity index (χ2v) is 20.3. The number of nitrogens with zero attached hydrogens (tertiary/aromatic N) is 1. The Morgan fingerprint density at radius 2 is 0.940 bits per heavy atom. The van der Waals surface area contributed by atoms with Gasteiger partial charge in [0.1, 0.15) is 28.8 Å². The summed E-state index contributed by atoms with van der Waals surface area (Å²) in [5, 5.41) is 57.6. The fraction of sp³-hybridized carbons (Fsp3) is 0.250. The van der Waals surface area contributed by atoms with E-state index < -0.39 is 65.4 Å². The van der Waals surface area contributed by atoms with Crippen LogP contribution in [0.15, 0.2) is 169 Å². The third-order valence-electron chi connectivity index (χ3n) is 10.5. The summed E-state index contributed by atoms with van der Waals surface area (Å²) in [5.74, 6) is -5.11. The minimum absolute atomic E-state index is 0.215. The highest BCUT2D eigenvalue weighted by atomic mass is 35.5. The number of carbonyl (C=O) groups is 6. The van der Waals surface area contributed by atoms with E-state index in [1.807, 2.05) is 97.1 Å². The maximum atomic E-state index is 10.7. The molecule has 83 heavy (non-hydrogen) atoms. The number of hydrogen-bond donors (Lipinski definition) is 7. The number of carboxylic acids is 6. The largest absolute Gasteiger partial charge is 0.480 e. The molecule has 5 atom stereocenters. The SMILES string of the molecule is CC(OCc1ccccc1)C(=O)O.CC(Sc1ccc(Cl)cc1)C(=O)O.C[C@H](Nc1ccc(Cl)cc1)C(=O)O.C[C@H](OCc1ccc(Cl)cc1)C(=O)O.C[C@H](Oc1cnc(Cl)c2ccccc12)C(=O)O.O=C(O)COCCc1ccccc1. The number of nitrogens with one attached hydrogen (secondary N) is 1. The molecule has 0 saturated heterocycles. The number of aromatic nitrogens is 1. The van der Waals surface area contributed by atoms with Gasteiger partial charge in [0.05, 0.1) is 26.0 Å². The summed E-state index contributed by atoms with van der Waals surface area (Å²) in [4.78, 5) is 67.5. The number of rotatable bonds is 22. The maximum absolute atomic E-state index is 10.7. The third-order valence-corrected chi connectivity index (χ3v) is 12.6. The zero-order valence-corrected chi connectivity index (χ0v) is 49.5. The molecule has 0 spiro atoms. The molecule has 7 aromatic rings. The van der Waals surface area contributed by atoms with Crippen LogP contribution < -0.4 is 10.1 Å². The van der Waals surface area contributed by atoms with Crippen molar-refractivity contribution in [3.8, 4) is 5.75 Å². The van der Waals surface area contributed by atoms with Crippen LogP contribution in [0.4, 0.5) is 5.69 Å². The van der Waals surface area contributed by atoms with Crippen LogP contribution in [0.25, 0.3) is 10.8 Å². The fourth-order valence-corrected chi connectivity index (χ4v) is 7.22. The summed E-state index contributed by atoms with van der Waals surface area (Å²) in [6.07, 6.45) is -0.273. The molecule has 0 fully saturated rings. The van der Waals surface area contributed by atoms with Crippen molar-refractivity contribution < 1.29 is 78.4 Å².